The SMILES string of the molecule is CCC1(C)CC(NC(=O)c2nccc(C)c2O)CC(C)(C)C1. The zero-order chi connectivity index (χ0) is 16.5. The number of nitrogens with one attached hydrogen (secondary N) is 1. The van der Waals surface area contributed by atoms with E-state index in [2.05, 4.69) is 38.0 Å². The van der Waals surface area contributed by atoms with Crippen molar-refractivity contribution in [3.8, 4) is 5.75 Å². The van der Waals surface area contributed by atoms with Crippen LogP contribution in [0.25, 0.3) is 0 Å². The lowest BCUT2D eigenvalue weighted by Gasteiger charge is -2.46. The smallest absolute Gasteiger partial charge is 0.273 e. The van der Waals surface area contributed by atoms with Gasteiger partial charge in [0, 0.05) is 12.2 Å². The van der Waals surface area contributed by atoms with Crippen LogP contribution in [-0.2, 0) is 0 Å². The van der Waals surface area contributed by atoms with Crippen molar-refractivity contribution in [3.05, 3.63) is 23.5 Å². The van der Waals surface area contributed by atoms with E-state index < -0.39 is 0 Å². The molecule has 22 heavy (non-hydrogen) atoms. The summed E-state index contributed by atoms with van der Waals surface area (Å²) in [7, 11) is 0. The minimum atomic E-state index is -0.276. The van der Waals surface area contributed by atoms with Gasteiger partial charge in [-0.05, 0) is 48.6 Å². The maximum absolute atomic E-state index is 12.5. The standard InChI is InChI=1S/C18H28N2O2/c1-6-18(5)10-13(9-17(3,4)11-18)20-16(22)14-15(21)12(2)7-8-19-14/h7-8,13,21H,6,9-11H2,1-5H3,(H,20,22). The molecule has 2 N–H and O–H groups in total. The fraction of sp³-hybridized carbons (Fsp3) is 0.667. The molecule has 122 valence electrons. The van der Waals surface area contributed by atoms with Crippen LogP contribution in [0.15, 0.2) is 12.3 Å². The minimum absolute atomic E-state index is 0.0201. The van der Waals surface area contributed by atoms with E-state index in [1.807, 2.05) is 0 Å². The van der Waals surface area contributed by atoms with Gasteiger partial charge in [-0.25, -0.2) is 4.98 Å². The summed E-state index contributed by atoms with van der Waals surface area (Å²) in [6, 6.07) is 1.83. The first-order chi connectivity index (χ1) is 10.2. The summed E-state index contributed by atoms with van der Waals surface area (Å²) in [6.07, 6.45) is 5.78. The molecule has 0 aromatic carbocycles. The molecule has 1 heterocycles. The quantitative estimate of drug-likeness (QED) is 0.892. The second-order valence-electron chi connectivity index (χ2n) is 7.91. The van der Waals surface area contributed by atoms with Crippen LogP contribution in [0.1, 0.15) is 69.4 Å². The zero-order valence-electron chi connectivity index (χ0n) is 14.4. The molecule has 1 aromatic heterocycles. The number of carbonyl (C=O) groups is 1. The van der Waals surface area contributed by atoms with Gasteiger partial charge in [-0.15, -0.1) is 0 Å². The van der Waals surface area contributed by atoms with Crippen molar-refractivity contribution in [1.29, 1.82) is 0 Å². The maximum atomic E-state index is 12.5. The highest BCUT2D eigenvalue weighted by Crippen LogP contribution is 2.47. The summed E-state index contributed by atoms with van der Waals surface area (Å²) in [5.74, 6) is -0.296. The van der Waals surface area contributed by atoms with E-state index in [4.69, 9.17) is 0 Å². The summed E-state index contributed by atoms with van der Waals surface area (Å²) in [6.45, 7) is 10.8. The fourth-order valence-electron chi connectivity index (χ4n) is 3.98. The average Bonchev–Trinajstić information content (AvgIpc) is 2.39. The second-order valence-corrected chi connectivity index (χ2v) is 7.91. The number of carbonyl (C=O) groups excluding carboxylic acids is 1. The highest BCUT2D eigenvalue weighted by molar-refractivity contribution is 5.95. The Bertz CT molecular complexity index is 568. The predicted octanol–water partition coefficient (Wildman–Crippen LogP) is 3.82. The van der Waals surface area contributed by atoms with Gasteiger partial charge in [-0.2, -0.15) is 0 Å². The topological polar surface area (TPSA) is 62.2 Å². The third kappa shape index (κ3) is 3.60. The monoisotopic (exact) mass is 304 g/mol. The van der Waals surface area contributed by atoms with Crippen LogP contribution >= 0.6 is 0 Å². The van der Waals surface area contributed by atoms with Crippen LogP contribution < -0.4 is 5.32 Å². The lowest BCUT2D eigenvalue weighted by atomic mass is 9.61. The molecule has 0 aliphatic heterocycles. The van der Waals surface area contributed by atoms with Gasteiger partial charge in [0.2, 0.25) is 0 Å². The first-order valence-electron chi connectivity index (χ1n) is 8.11. The molecular formula is C18H28N2O2. The van der Waals surface area contributed by atoms with Crippen LogP contribution in [0, 0.1) is 17.8 Å². The van der Waals surface area contributed by atoms with Crippen molar-refractivity contribution in [2.45, 2.75) is 66.3 Å². The minimum Gasteiger partial charge on any atom is -0.505 e. The molecule has 1 aliphatic rings. The highest BCUT2D eigenvalue weighted by Gasteiger charge is 2.40. The number of aromatic nitrogens is 1. The Morgan fingerprint density at radius 2 is 2.09 bits per heavy atom. The Labute approximate surface area is 133 Å². The number of nitrogens with zero attached hydrogens (tertiary/aromatic N) is 1. The summed E-state index contributed by atoms with van der Waals surface area (Å²) in [4.78, 5) is 16.5. The van der Waals surface area contributed by atoms with E-state index in [1.54, 1.807) is 19.2 Å². The van der Waals surface area contributed by atoms with Crippen LogP contribution in [-0.4, -0.2) is 22.0 Å². The molecule has 0 radical (unpaired) electrons. The van der Waals surface area contributed by atoms with Gasteiger partial charge in [0.25, 0.3) is 5.91 Å². The summed E-state index contributed by atoms with van der Waals surface area (Å²) >= 11 is 0. The van der Waals surface area contributed by atoms with Crippen LogP contribution in [0.3, 0.4) is 0 Å². The predicted molar refractivity (Wildman–Crippen MR) is 87.9 cm³/mol. The number of aromatic hydroxyl groups is 1. The van der Waals surface area contributed by atoms with Crippen LogP contribution in [0.4, 0.5) is 0 Å². The molecule has 0 spiro atoms. The molecule has 0 saturated heterocycles. The van der Waals surface area contributed by atoms with E-state index in [9.17, 15) is 9.90 Å². The first-order valence-corrected chi connectivity index (χ1v) is 8.11. The van der Waals surface area contributed by atoms with E-state index in [-0.39, 0.29) is 34.2 Å². The van der Waals surface area contributed by atoms with Gasteiger partial charge in [0.15, 0.2) is 5.69 Å². The molecule has 2 unspecified atom stereocenters. The molecule has 4 nitrogen and oxygen atoms in total. The highest BCUT2D eigenvalue weighted by atomic mass is 16.3. The Balaban J connectivity index is 2.15. The summed E-state index contributed by atoms with van der Waals surface area (Å²) in [5.41, 5.74) is 1.26. The fourth-order valence-corrected chi connectivity index (χ4v) is 3.98. The number of hydrogen-bond donors (Lipinski definition) is 2. The van der Waals surface area contributed by atoms with Crippen molar-refractivity contribution in [1.82, 2.24) is 10.3 Å². The van der Waals surface area contributed by atoms with Gasteiger partial charge >= 0.3 is 0 Å². The Hall–Kier alpha value is -1.58. The Kier molecular flexibility index (Phi) is 4.50. The molecule has 2 atom stereocenters. The number of amides is 1. The van der Waals surface area contributed by atoms with Gasteiger partial charge in [-0.1, -0.05) is 34.1 Å². The number of pyridine rings is 1. The molecule has 1 fully saturated rings. The largest absolute Gasteiger partial charge is 0.505 e. The van der Waals surface area contributed by atoms with E-state index in [0.717, 1.165) is 19.3 Å². The normalized spacial score (nSPS) is 27.4. The average molecular weight is 304 g/mol. The van der Waals surface area contributed by atoms with E-state index in [0.29, 0.717) is 5.56 Å². The third-order valence-corrected chi connectivity index (χ3v) is 4.97. The molecule has 4 heteroatoms. The van der Waals surface area contributed by atoms with Gasteiger partial charge in [0.1, 0.15) is 5.75 Å². The lowest BCUT2D eigenvalue weighted by Crippen LogP contribution is -2.46. The zero-order valence-corrected chi connectivity index (χ0v) is 14.4. The van der Waals surface area contributed by atoms with Gasteiger partial charge < -0.3 is 10.4 Å². The molecule has 1 saturated carbocycles. The molecular weight excluding hydrogens is 276 g/mol. The van der Waals surface area contributed by atoms with Crippen molar-refractivity contribution >= 4 is 5.91 Å². The lowest BCUT2D eigenvalue weighted by molar-refractivity contribution is 0.0604. The maximum Gasteiger partial charge on any atom is 0.273 e. The summed E-state index contributed by atoms with van der Waals surface area (Å²) in [5, 5.41) is 13.1. The molecule has 1 aromatic rings. The number of hydrogen-bond acceptors (Lipinski definition) is 3. The van der Waals surface area contributed by atoms with Crippen molar-refractivity contribution in [3.63, 3.8) is 0 Å². The van der Waals surface area contributed by atoms with Crippen molar-refractivity contribution in [2.24, 2.45) is 10.8 Å². The number of rotatable bonds is 3. The summed E-state index contributed by atoms with van der Waals surface area (Å²) < 4.78 is 0. The van der Waals surface area contributed by atoms with Gasteiger partial charge in [0.05, 0.1) is 0 Å². The molecule has 1 aliphatic carbocycles. The molecule has 2 rings (SSSR count). The van der Waals surface area contributed by atoms with Crippen molar-refractivity contribution in [2.75, 3.05) is 0 Å². The van der Waals surface area contributed by atoms with Gasteiger partial charge in [-0.3, -0.25) is 4.79 Å². The first kappa shape index (κ1) is 16.8. The third-order valence-electron chi connectivity index (χ3n) is 4.97. The second kappa shape index (κ2) is 5.90. The molecule has 1 amide bonds. The Morgan fingerprint density at radius 1 is 1.41 bits per heavy atom. The van der Waals surface area contributed by atoms with Crippen LogP contribution in [0.2, 0.25) is 0 Å². The van der Waals surface area contributed by atoms with E-state index in [1.165, 1.54) is 6.42 Å². The Morgan fingerprint density at radius 3 is 2.73 bits per heavy atom. The van der Waals surface area contributed by atoms with E-state index >= 15 is 0 Å². The van der Waals surface area contributed by atoms with Crippen LogP contribution in [0.5, 0.6) is 5.75 Å². The van der Waals surface area contributed by atoms with Crippen molar-refractivity contribution < 1.29 is 9.90 Å². The number of aryl methyl sites for hydroxylation is 1. The molecule has 0 bridgehead atoms.